The normalized spacial score (nSPS) is 15.3. The molecule has 0 aliphatic rings. The topological polar surface area (TPSA) is 21.3 Å². The summed E-state index contributed by atoms with van der Waals surface area (Å²) in [6.45, 7) is 6.35. The van der Waals surface area contributed by atoms with Crippen LogP contribution in [0.2, 0.25) is 0 Å². The van der Waals surface area contributed by atoms with Crippen molar-refractivity contribution in [1.82, 2.24) is 5.32 Å². The number of methoxy groups -OCH3 is 1. The second-order valence-electron chi connectivity index (χ2n) is 3.36. The first-order chi connectivity index (χ1) is 4.52. The van der Waals surface area contributed by atoms with Crippen molar-refractivity contribution in [1.29, 1.82) is 0 Å². The minimum atomic E-state index is 0.00241. The summed E-state index contributed by atoms with van der Waals surface area (Å²) in [6.07, 6.45) is 1.04. The van der Waals surface area contributed by atoms with E-state index in [4.69, 9.17) is 4.74 Å². The molecule has 0 aromatic carbocycles. The molecule has 2 nitrogen and oxygen atoms in total. The van der Waals surface area contributed by atoms with E-state index in [2.05, 4.69) is 26.1 Å². The smallest absolute Gasteiger partial charge is 0.0637 e. The Bertz CT molecular complexity index is 91.3. The van der Waals surface area contributed by atoms with Gasteiger partial charge in [-0.2, -0.15) is 0 Å². The SMILES string of the molecule is CNC(C)CC(C)(C)OC. The van der Waals surface area contributed by atoms with Crippen LogP contribution in [0.25, 0.3) is 0 Å². The van der Waals surface area contributed by atoms with E-state index in [1.807, 2.05) is 7.05 Å². The maximum atomic E-state index is 5.27. The van der Waals surface area contributed by atoms with Crippen LogP contribution in [-0.2, 0) is 4.74 Å². The summed E-state index contributed by atoms with van der Waals surface area (Å²) in [7, 11) is 3.72. The number of ether oxygens (including phenoxy) is 1. The minimum Gasteiger partial charge on any atom is -0.379 e. The van der Waals surface area contributed by atoms with E-state index in [1.54, 1.807) is 7.11 Å². The van der Waals surface area contributed by atoms with Crippen molar-refractivity contribution in [3.63, 3.8) is 0 Å². The second-order valence-corrected chi connectivity index (χ2v) is 3.36. The van der Waals surface area contributed by atoms with Crippen LogP contribution in [0.15, 0.2) is 0 Å². The molecule has 1 N–H and O–H groups in total. The van der Waals surface area contributed by atoms with Gasteiger partial charge in [-0.15, -0.1) is 0 Å². The average Bonchev–Trinajstić information content (AvgIpc) is 1.87. The lowest BCUT2D eigenvalue weighted by atomic mass is 10.0. The Morgan fingerprint density at radius 2 is 2.00 bits per heavy atom. The van der Waals surface area contributed by atoms with Crippen LogP contribution in [0.1, 0.15) is 27.2 Å². The van der Waals surface area contributed by atoms with Crippen LogP contribution in [-0.4, -0.2) is 25.8 Å². The molecule has 0 rings (SSSR count). The molecule has 1 unspecified atom stereocenters. The number of hydrogen-bond acceptors (Lipinski definition) is 2. The molecule has 0 spiro atoms. The van der Waals surface area contributed by atoms with Gasteiger partial charge in [0.1, 0.15) is 0 Å². The summed E-state index contributed by atoms with van der Waals surface area (Å²) in [6, 6.07) is 0.523. The van der Waals surface area contributed by atoms with Crippen molar-refractivity contribution >= 4 is 0 Å². The minimum absolute atomic E-state index is 0.00241. The van der Waals surface area contributed by atoms with E-state index in [0.29, 0.717) is 6.04 Å². The summed E-state index contributed by atoms with van der Waals surface area (Å²) in [4.78, 5) is 0. The van der Waals surface area contributed by atoms with Gasteiger partial charge in [0.15, 0.2) is 0 Å². The zero-order chi connectivity index (χ0) is 8.20. The van der Waals surface area contributed by atoms with E-state index < -0.39 is 0 Å². The van der Waals surface area contributed by atoms with E-state index in [9.17, 15) is 0 Å². The first kappa shape index (κ1) is 9.92. The summed E-state index contributed by atoms with van der Waals surface area (Å²) in [5.41, 5.74) is 0.00241. The Morgan fingerprint density at radius 3 is 2.30 bits per heavy atom. The van der Waals surface area contributed by atoms with Gasteiger partial charge in [0.25, 0.3) is 0 Å². The molecule has 1 atom stereocenters. The lowest BCUT2D eigenvalue weighted by Crippen LogP contribution is -2.33. The van der Waals surface area contributed by atoms with Crippen LogP contribution in [0.5, 0.6) is 0 Å². The Labute approximate surface area is 64.0 Å². The Balaban J connectivity index is 3.64. The van der Waals surface area contributed by atoms with E-state index in [1.165, 1.54) is 0 Å². The molecule has 2 heteroatoms. The van der Waals surface area contributed by atoms with Gasteiger partial charge in [0.05, 0.1) is 5.60 Å². The standard InChI is InChI=1S/C8H19NO/c1-7(9-4)6-8(2,3)10-5/h7,9H,6H2,1-5H3. The third kappa shape index (κ3) is 3.85. The van der Waals surface area contributed by atoms with Crippen LogP contribution in [0, 0.1) is 0 Å². The highest BCUT2D eigenvalue weighted by Crippen LogP contribution is 2.14. The molecule has 0 saturated heterocycles. The van der Waals surface area contributed by atoms with Crippen molar-refractivity contribution < 1.29 is 4.74 Å². The van der Waals surface area contributed by atoms with Crippen molar-refractivity contribution in [3.8, 4) is 0 Å². The zero-order valence-electron chi connectivity index (χ0n) is 7.69. The fourth-order valence-corrected chi connectivity index (χ4v) is 0.923. The van der Waals surface area contributed by atoms with Gasteiger partial charge in [-0.1, -0.05) is 0 Å². The maximum Gasteiger partial charge on any atom is 0.0637 e. The van der Waals surface area contributed by atoms with Crippen molar-refractivity contribution in [2.45, 2.75) is 38.8 Å². The Morgan fingerprint density at radius 1 is 1.50 bits per heavy atom. The quantitative estimate of drug-likeness (QED) is 0.646. The second kappa shape index (κ2) is 3.94. The van der Waals surface area contributed by atoms with Crippen molar-refractivity contribution in [2.75, 3.05) is 14.2 Å². The molecule has 0 aliphatic carbocycles. The Kier molecular flexibility index (Phi) is 3.91. The van der Waals surface area contributed by atoms with Gasteiger partial charge in [-0.05, 0) is 34.2 Å². The molecular formula is C8H19NO. The predicted molar refractivity (Wildman–Crippen MR) is 44.2 cm³/mol. The molecule has 0 amide bonds. The largest absolute Gasteiger partial charge is 0.379 e. The van der Waals surface area contributed by atoms with E-state index >= 15 is 0 Å². The fraction of sp³-hybridized carbons (Fsp3) is 1.00. The number of rotatable bonds is 4. The monoisotopic (exact) mass is 145 g/mol. The van der Waals surface area contributed by atoms with Crippen LogP contribution in [0.3, 0.4) is 0 Å². The van der Waals surface area contributed by atoms with Crippen molar-refractivity contribution in [3.05, 3.63) is 0 Å². The number of nitrogens with one attached hydrogen (secondary N) is 1. The third-order valence-corrected chi connectivity index (χ3v) is 1.84. The van der Waals surface area contributed by atoms with Crippen LogP contribution in [0.4, 0.5) is 0 Å². The molecular weight excluding hydrogens is 126 g/mol. The fourth-order valence-electron chi connectivity index (χ4n) is 0.923. The highest BCUT2D eigenvalue weighted by molar-refractivity contribution is 4.73. The average molecular weight is 145 g/mol. The van der Waals surface area contributed by atoms with Crippen LogP contribution < -0.4 is 5.32 Å². The highest BCUT2D eigenvalue weighted by atomic mass is 16.5. The first-order valence-electron chi connectivity index (χ1n) is 3.74. The van der Waals surface area contributed by atoms with Gasteiger partial charge in [-0.3, -0.25) is 0 Å². The van der Waals surface area contributed by atoms with Crippen LogP contribution >= 0.6 is 0 Å². The van der Waals surface area contributed by atoms with Crippen molar-refractivity contribution in [2.24, 2.45) is 0 Å². The molecule has 0 aliphatic heterocycles. The zero-order valence-corrected chi connectivity index (χ0v) is 7.69. The predicted octanol–water partition coefficient (Wildman–Crippen LogP) is 1.41. The van der Waals surface area contributed by atoms with Gasteiger partial charge in [-0.25, -0.2) is 0 Å². The first-order valence-corrected chi connectivity index (χ1v) is 3.74. The molecule has 62 valence electrons. The van der Waals surface area contributed by atoms with E-state index in [0.717, 1.165) is 6.42 Å². The van der Waals surface area contributed by atoms with Gasteiger partial charge >= 0.3 is 0 Å². The summed E-state index contributed by atoms with van der Waals surface area (Å²) in [5.74, 6) is 0. The van der Waals surface area contributed by atoms with Gasteiger partial charge < -0.3 is 10.1 Å². The molecule has 10 heavy (non-hydrogen) atoms. The summed E-state index contributed by atoms with van der Waals surface area (Å²) in [5, 5.41) is 3.18. The molecule has 0 bridgehead atoms. The summed E-state index contributed by atoms with van der Waals surface area (Å²) >= 11 is 0. The molecule has 0 radical (unpaired) electrons. The summed E-state index contributed by atoms with van der Waals surface area (Å²) < 4.78 is 5.27. The molecule has 0 heterocycles. The number of hydrogen-bond donors (Lipinski definition) is 1. The Hall–Kier alpha value is -0.0800. The maximum absolute atomic E-state index is 5.27. The third-order valence-electron chi connectivity index (χ3n) is 1.84. The van der Waals surface area contributed by atoms with Gasteiger partial charge in [0, 0.05) is 13.2 Å². The highest BCUT2D eigenvalue weighted by Gasteiger charge is 2.18. The molecule has 0 fully saturated rings. The molecule has 0 saturated carbocycles. The molecule has 0 aromatic rings. The van der Waals surface area contributed by atoms with Gasteiger partial charge in [0.2, 0.25) is 0 Å². The van der Waals surface area contributed by atoms with E-state index in [-0.39, 0.29) is 5.60 Å². The lowest BCUT2D eigenvalue weighted by Gasteiger charge is -2.26. The lowest BCUT2D eigenvalue weighted by molar-refractivity contribution is 0.00916. The molecule has 0 aromatic heterocycles.